The Hall–Kier alpha value is -1.06. The van der Waals surface area contributed by atoms with E-state index in [0.717, 1.165) is 5.56 Å². The average Bonchev–Trinajstić information content (AvgIpc) is 2.20. The minimum atomic E-state index is -0.938. The van der Waals surface area contributed by atoms with Crippen LogP contribution in [0.5, 0.6) is 0 Å². The second kappa shape index (κ2) is 5.73. The lowest BCUT2D eigenvalue weighted by molar-refractivity contribution is -0.149. The number of carbonyl (C=O) groups is 1. The Morgan fingerprint density at radius 3 is 2.53 bits per heavy atom. The molecule has 1 atom stereocenters. The van der Waals surface area contributed by atoms with E-state index in [0.29, 0.717) is 18.1 Å². The van der Waals surface area contributed by atoms with Gasteiger partial charge in [0.05, 0.1) is 0 Å². The quantitative estimate of drug-likeness (QED) is 0.842. The maximum atomic E-state index is 10.8. The maximum absolute atomic E-state index is 10.8. The summed E-state index contributed by atoms with van der Waals surface area (Å²) in [5.41, 5.74) is 0.903. The molecule has 0 aliphatic carbocycles. The fraction of sp³-hybridized carbons (Fsp3) is 0.364. The van der Waals surface area contributed by atoms with Crippen LogP contribution in [-0.4, -0.2) is 23.8 Å². The van der Waals surface area contributed by atoms with Crippen LogP contribution in [0.25, 0.3) is 0 Å². The van der Waals surface area contributed by atoms with Gasteiger partial charge in [-0.15, -0.1) is 0 Å². The molecule has 1 aromatic carbocycles. The molecule has 0 radical (unpaired) electrons. The highest BCUT2D eigenvalue weighted by molar-refractivity contribution is 6.30. The number of hydrogen-bond donors (Lipinski definition) is 1. The van der Waals surface area contributed by atoms with E-state index in [1.807, 2.05) is 0 Å². The lowest BCUT2D eigenvalue weighted by Crippen LogP contribution is -2.26. The molecular formula is C11H13ClO3. The zero-order valence-corrected chi connectivity index (χ0v) is 9.20. The second-order valence-corrected chi connectivity index (χ2v) is 3.55. The second-order valence-electron chi connectivity index (χ2n) is 3.11. The van der Waals surface area contributed by atoms with Gasteiger partial charge >= 0.3 is 5.97 Å². The van der Waals surface area contributed by atoms with Gasteiger partial charge in [0.25, 0.3) is 0 Å². The molecule has 0 spiro atoms. The molecule has 0 heterocycles. The van der Waals surface area contributed by atoms with Gasteiger partial charge in [0.1, 0.15) is 0 Å². The van der Waals surface area contributed by atoms with Crippen molar-refractivity contribution in [1.82, 2.24) is 0 Å². The number of aliphatic carboxylic acids is 1. The highest BCUT2D eigenvalue weighted by atomic mass is 35.5. The first-order chi connectivity index (χ1) is 7.13. The highest BCUT2D eigenvalue weighted by Crippen LogP contribution is 2.12. The molecule has 3 nitrogen and oxygen atoms in total. The summed E-state index contributed by atoms with van der Waals surface area (Å²) >= 11 is 5.72. The number of benzene rings is 1. The van der Waals surface area contributed by atoms with Crippen LogP contribution in [-0.2, 0) is 16.0 Å². The van der Waals surface area contributed by atoms with Gasteiger partial charge in [0, 0.05) is 18.1 Å². The first-order valence-electron chi connectivity index (χ1n) is 4.72. The number of carboxylic acid groups (broad SMARTS) is 1. The molecule has 0 aliphatic rings. The summed E-state index contributed by atoms with van der Waals surface area (Å²) in [4.78, 5) is 10.8. The van der Waals surface area contributed by atoms with Crippen molar-refractivity contribution in [3.63, 3.8) is 0 Å². The molecule has 0 saturated carbocycles. The standard InChI is InChI=1S/C11H13ClO3/c1-2-15-10(11(13)14)7-8-3-5-9(12)6-4-8/h3-6,10H,2,7H2,1H3,(H,13,14)/t10-/m0/s1. The predicted octanol–water partition coefficient (Wildman–Crippen LogP) is 2.37. The van der Waals surface area contributed by atoms with E-state index in [2.05, 4.69) is 0 Å². The zero-order chi connectivity index (χ0) is 11.3. The number of carboxylic acids is 1. The Bertz CT molecular complexity index is 321. The van der Waals surface area contributed by atoms with Gasteiger partial charge in [0.15, 0.2) is 6.10 Å². The zero-order valence-electron chi connectivity index (χ0n) is 8.44. The molecule has 82 valence electrons. The monoisotopic (exact) mass is 228 g/mol. The minimum Gasteiger partial charge on any atom is -0.479 e. The van der Waals surface area contributed by atoms with Crippen LogP contribution in [0.1, 0.15) is 12.5 Å². The summed E-state index contributed by atoms with van der Waals surface area (Å²) in [6.45, 7) is 2.17. The molecule has 0 aromatic heterocycles. The average molecular weight is 229 g/mol. The fourth-order valence-corrected chi connectivity index (χ4v) is 1.38. The van der Waals surface area contributed by atoms with Crippen molar-refractivity contribution in [2.75, 3.05) is 6.61 Å². The topological polar surface area (TPSA) is 46.5 Å². The summed E-state index contributed by atoms with van der Waals surface area (Å²) in [7, 11) is 0. The van der Waals surface area contributed by atoms with Crippen molar-refractivity contribution in [3.8, 4) is 0 Å². The SMILES string of the molecule is CCO[C@@H](Cc1ccc(Cl)cc1)C(=O)O. The molecule has 1 aromatic rings. The summed E-state index contributed by atoms with van der Waals surface area (Å²) < 4.78 is 5.11. The summed E-state index contributed by atoms with van der Waals surface area (Å²) in [5.74, 6) is -0.938. The summed E-state index contributed by atoms with van der Waals surface area (Å²) in [6.07, 6.45) is -0.420. The van der Waals surface area contributed by atoms with Crippen LogP contribution in [0, 0.1) is 0 Å². The Balaban J connectivity index is 2.65. The van der Waals surface area contributed by atoms with Crippen molar-refractivity contribution in [1.29, 1.82) is 0 Å². The van der Waals surface area contributed by atoms with Gasteiger partial charge in [-0.2, -0.15) is 0 Å². The fourth-order valence-electron chi connectivity index (χ4n) is 1.25. The largest absolute Gasteiger partial charge is 0.479 e. The predicted molar refractivity (Wildman–Crippen MR) is 58.2 cm³/mol. The molecule has 0 bridgehead atoms. The van der Waals surface area contributed by atoms with Crippen molar-refractivity contribution < 1.29 is 14.6 Å². The van der Waals surface area contributed by atoms with Crippen LogP contribution in [0.15, 0.2) is 24.3 Å². The van der Waals surface area contributed by atoms with Gasteiger partial charge in [-0.25, -0.2) is 4.79 Å². The minimum absolute atomic E-state index is 0.361. The Morgan fingerprint density at radius 1 is 1.47 bits per heavy atom. The molecule has 15 heavy (non-hydrogen) atoms. The van der Waals surface area contributed by atoms with Gasteiger partial charge in [-0.3, -0.25) is 0 Å². The van der Waals surface area contributed by atoms with Gasteiger partial charge in [-0.1, -0.05) is 23.7 Å². The number of halogens is 1. The van der Waals surface area contributed by atoms with Crippen LogP contribution in [0.2, 0.25) is 5.02 Å². The number of rotatable bonds is 5. The van der Waals surface area contributed by atoms with E-state index in [9.17, 15) is 4.79 Å². The third kappa shape index (κ3) is 3.90. The van der Waals surface area contributed by atoms with E-state index in [-0.39, 0.29) is 0 Å². The first-order valence-corrected chi connectivity index (χ1v) is 5.10. The van der Waals surface area contributed by atoms with Crippen LogP contribution in [0.3, 0.4) is 0 Å². The van der Waals surface area contributed by atoms with E-state index < -0.39 is 12.1 Å². The number of ether oxygens (including phenoxy) is 1. The molecule has 0 saturated heterocycles. The molecule has 4 heteroatoms. The Labute approximate surface area is 93.6 Å². The molecule has 1 rings (SSSR count). The molecular weight excluding hydrogens is 216 g/mol. The van der Waals surface area contributed by atoms with Gasteiger partial charge in [-0.05, 0) is 24.6 Å². The Morgan fingerprint density at radius 2 is 2.07 bits per heavy atom. The van der Waals surface area contributed by atoms with E-state index in [1.54, 1.807) is 31.2 Å². The lowest BCUT2D eigenvalue weighted by Gasteiger charge is -2.12. The van der Waals surface area contributed by atoms with E-state index in [4.69, 9.17) is 21.4 Å². The van der Waals surface area contributed by atoms with Crippen molar-refractivity contribution in [2.24, 2.45) is 0 Å². The smallest absolute Gasteiger partial charge is 0.333 e. The van der Waals surface area contributed by atoms with E-state index >= 15 is 0 Å². The summed E-state index contributed by atoms with van der Waals surface area (Å²) in [6, 6.07) is 7.08. The maximum Gasteiger partial charge on any atom is 0.333 e. The molecule has 0 unspecified atom stereocenters. The lowest BCUT2D eigenvalue weighted by atomic mass is 10.1. The van der Waals surface area contributed by atoms with Crippen molar-refractivity contribution in [2.45, 2.75) is 19.4 Å². The molecule has 0 amide bonds. The van der Waals surface area contributed by atoms with Crippen LogP contribution >= 0.6 is 11.6 Å². The molecule has 0 aliphatic heterocycles. The first kappa shape index (κ1) is 12.0. The number of hydrogen-bond acceptors (Lipinski definition) is 2. The normalized spacial score (nSPS) is 12.4. The van der Waals surface area contributed by atoms with Gasteiger partial charge in [0.2, 0.25) is 0 Å². The van der Waals surface area contributed by atoms with Crippen LogP contribution < -0.4 is 0 Å². The third-order valence-electron chi connectivity index (χ3n) is 1.98. The summed E-state index contributed by atoms with van der Waals surface area (Å²) in [5, 5.41) is 9.51. The highest BCUT2D eigenvalue weighted by Gasteiger charge is 2.17. The Kier molecular flexibility index (Phi) is 4.59. The molecule has 1 N–H and O–H groups in total. The van der Waals surface area contributed by atoms with E-state index in [1.165, 1.54) is 0 Å². The van der Waals surface area contributed by atoms with Gasteiger partial charge < -0.3 is 9.84 Å². The van der Waals surface area contributed by atoms with Crippen molar-refractivity contribution in [3.05, 3.63) is 34.9 Å². The third-order valence-corrected chi connectivity index (χ3v) is 2.23. The molecule has 0 fully saturated rings. The van der Waals surface area contributed by atoms with Crippen LogP contribution in [0.4, 0.5) is 0 Å². The van der Waals surface area contributed by atoms with Crippen molar-refractivity contribution >= 4 is 17.6 Å².